The zero-order valence-corrected chi connectivity index (χ0v) is 22.0. The van der Waals surface area contributed by atoms with Gasteiger partial charge in [0.2, 0.25) is 15.9 Å². The Morgan fingerprint density at radius 1 is 1.05 bits per heavy atom. The summed E-state index contributed by atoms with van der Waals surface area (Å²) in [5, 5.41) is 1.41. The fourth-order valence-electron chi connectivity index (χ4n) is 4.83. The summed E-state index contributed by atoms with van der Waals surface area (Å²) in [6.07, 6.45) is 2.38. The number of benzene rings is 3. The highest BCUT2D eigenvalue weighted by molar-refractivity contribution is 7.89. The molecule has 1 amide bonds. The summed E-state index contributed by atoms with van der Waals surface area (Å²) in [6.45, 7) is 0.827. The van der Waals surface area contributed by atoms with Gasteiger partial charge in [0.25, 0.3) is 0 Å². The summed E-state index contributed by atoms with van der Waals surface area (Å²) in [5.41, 5.74) is 13.7. The number of carbonyl (C=O) groups excluding carboxylic acids is 1. The fourth-order valence-corrected chi connectivity index (χ4v) is 6.27. The number of hydrogen-bond donors (Lipinski definition) is 3. The van der Waals surface area contributed by atoms with Crippen molar-refractivity contribution < 1.29 is 13.2 Å². The number of aryl methyl sites for hydroxylation is 1. The van der Waals surface area contributed by atoms with Crippen LogP contribution in [0.1, 0.15) is 24.8 Å². The van der Waals surface area contributed by atoms with Crippen LogP contribution in [0.5, 0.6) is 0 Å². The normalized spacial score (nSPS) is 14.2. The standard InChI is InChI=1S/C27H34N6O3S/c1-32(2)24-15-5-12-21-20(24)11-6-16-25(21)37(35,36)31-22(13-7-17-30-27(28)29)26(34)33-18-8-10-19-9-3-4-14-23(19)33/h3-6,9,11-12,14-16,22,31H,7-8,10,13,17-18H2,1-2H3,(H4,28,29,30). The van der Waals surface area contributed by atoms with E-state index in [1.165, 1.54) is 0 Å². The molecule has 10 heteroatoms. The number of guanidine groups is 1. The molecule has 0 saturated carbocycles. The first-order valence-electron chi connectivity index (χ1n) is 12.3. The molecular weight excluding hydrogens is 488 g/mol. The van der Waals surface area contributed by atoms with Gasteiger partial charge in [-0.1, -0.05) is 42.5 Å². The number of nitrogens with one attached hydrogen (secondary N) is 1. The first-order valence-corrected chi connectivity index (χ1v) is 13.8. The second-order valence-electron chi connectivity index (χ2n) is 9.37. The summed E-state index contributed by atoms with van der Waals surface area (Å²) < 4.78 is 30.2. The Morgan fingerprint density at radius 3 is 2.54 bits per heavy atom. The number of sulfonamides is 1. The predicted molar refractivity (Wildman–Crippen MR) is 149 cm³/mol. The van der Waals surface area contributed by atoms with Crippen LogP contribution >= 0.6 is 0 Å². The van der Waals surface area contributed by atoms with Gasteiger partial charge in [-0.3, -0.25) is 9.79 Å². The van der Waals surface area contributed by atoms with Crippen LogP contribution in [0.3, 0.4) is 0 Å². The second kappa shape index (κ2) is 11.2. The lowest BCUT2D eigenvalue weighted by Crippen LogP contribution is -2.50. The van der Waals surface area contributed by atoms with Crippen LogP contribution in [-0.2, 0) is 21.2 Å². The van der Waals surface area contributed by atoms with Crippen LogP contribution in [0.15, 0.2) is 70.6 Å². The molecule has 0 fully saturated rings. The molecule has 9 nitrogen and oxygen atoms in total. The highest BCUT2D eigenvalue weighted by Gasteiger charge is 2.32. The number of nitrogens with two attached hydrogens (primary N) is 2. The molecule has 0 bridgehead atoms. The van der Waals surface area contributed by atoms with E-state index in [4.69, 9.17) is 11.5 Å². The number of anilines is 2. The lowest BCUT2D eigenvalue weighted by atomic mass is 10.0. The molecule has 0 aliphatic carbocycles. The third-order valence-electron chi connectivity index (χ3n) is 6.55. The summed E-state index contributed by atoms with van der Waals surface area (Å²) >= 11 is 0. The number of para-hydroxylation sites is 1. The Morgan fingerprint density at radius 2 is 1.78 bits per heavy atom. The minimum absolute atomic E-state index is 0.0409. The number of fused-ring (bicyclic) bond motifs is 2. The Balaban J connectivity index is 1.68. The maximum atomic E-state index is 13.8. The van der Waals surface area contributed by atoms with Gasteiger partial charge in [0.05, 0.1) is 4.90 Å². The smallest absolute Gasteiger partial charge is 0.245 e. The topological polar surface area (TPSA) is 134 Å². The van der Waals surface area contributed by atoms with Crippen molar-refractivity contribution in [3.8, 4) is 0 Å². The number of carbonyl (C=O) groups is 1. The van der Waals surface area contributed by atoms with Crippen molar-refractivity contribution in [3.63, 3.8) is 0 Å². The highest BCUT2D eigenvalue weighted by Crippen LogP contribution is 2.31. The van der Waals surface area contributed by atoms with E-state index in [1.807, 2.05) is 61.5 Å². The Hall–Kier alpha value is -3.63. The average molecular weight is 523 g/mol. The zero-order chi connectivity index (χ0) is 26.6. The summed E-state index contributed by atoms with van der Waals surface area (Å²) in [6, 6.07) is 17.5. The Labute approximate surface area is 218 Å². The first-order chi connectivity index (χ1) is 17.7. The van der Waals surface area contributed by atoms with Crippen molar-refractivity contribution >= 4 is 44.0 Å². The zero-order valence-electron chi connectivity index (χ0n) is 21.2. The van der Waals surface area contributed by atoms with E-state index in [1.54, 1.807) is 23.1 Å². The quantitative estimate of drug-likeness (QED) is 0.225. The maximum Gasteiger partial charge on any atom is 0.245 e. The molecule has 1 aliphatic heterocycles. The molecule has 3 aromatic carbocycles. The second-order valence-corrected chi connectivity index (χ2v) is 11.1. The third kappa shape index (κ3) is 5.86. The predicted octanol–water partition coefficient (Wildman–Crippen LogP) is 2.59. The molecule has 37 heavy (non-hydrogen) atoms. The molecule has 196 valence electrons. The molecule has 0 aromatic heterocycles. The average Bonchev–Trinajstić information content (AvgIpc) is 2.88. The monoisotopic (exact) mass is 522 g/mol. The van der Waals surface area contributed by atoms with Gasteiger partial charge in [-0.05, 0) is 49.4 Å². The van der Waals surface area contributed by atoms with Crippen molar-refractivity contribution in [2.75, 3.05) is 37.0 Å². The molecule has 1 atom stereocenters. The van der Waals surface area contributed by atoms with Crippen LogP contribution in [-0.4, -0.2) is 53.5 Å². The molecule has 3 aromatic rings. The van der Waals surface area contributed by atoms with E-state index in [0.29, 0.717) is 24.9 Å². The summed E-state index contributed by atoms with van der Waals surface area (Å²) in [5.74, 6) is -0.324. The lowest BCUT2D eigenvalue weighted by Gasteiger charge is -2.32. The molecule has 0 radical (unpaired) electrons. The maximum absolute atomic E-state index is 13.8. The van der Waals surface area contributed by atoms with Crippen molar-refractivity contribution in [3.05, 3.63) is 66.2 Å². The molecule has 4 rings (SSSR count). The van der Waals surface area contributed by atoms with Gasteiger partial charge >= 0.3 is 0 Å². The Kier molecular flexibility index (Phi) is 7.99. The number of hydrogen-bond acceptors (Lipinski definition) is 5. The highest BCUT2D eigenvalue weighted by atomic mass is 32.2. The van der Waals surface area contributed by atoms with Gasteiger partial charge < -0.3 is 21.3 Å². The van der Waals surface area contributed by atoms with Crippen LogP contribution in [0.25, 0.3) is 10.8 Å². The van der Waals surface area contributed by atoms with Crippen molar-refractivity contribution in [1.82, 2.24) is 4.72 Å². The minimum atomic E-state index is -4.04. The SMILES string of the molecule is CN(C)c1cccc2c(S(=O)(=O)NC(CCCN=C(N)N)C(=O)N3CCCc4ccccc43)cccc12. The van der Waals surface area contributed by atoms with E-state index in [2.05, 4.69) is 9.71 Å². The van der Waals surface area contributed by atoms with Crippen molar-refractivity contribution in [1.29, 1.82) is 0 Å². The third-order valence-corrected chi connectivity index (χ3v) is 8.08. The van der Waals surface area contributed by atoms with Crippen LogP contribution < -0.4 is 26.0 Å². The molecule has 0 spiro atoms. The van der Waals surface area contributed by atoms with Crippen molar-refractivity contribution in [2.45, 2.75) is 36.6 Å². The van der Waals surface area contributed by atoms with Gasteiger partial charge in [-0.2, -0.15) is 4.72 Å². The van der Waals surface area contributed by atoms with Gasteiger partial charge in [0.15, 0.2) is 5.96 Å². The van der Waals surface area contributed by atoms with Gasteiger partial charge in [0, 0.05) is 49.3 Å². The minimum Gasteiger partial charge on any atom is -0.377 e. The lowest BCUT2D eigenvalue weighted by molar-refractivity contribution is -0.120. The molecule has 0 saturated heterocycles. The van der Waals surface area contributed by atoms with Crippen LogP contribution in [0.4, 0.5) is 11.4 Å². The summed E-state index contributed by atoms with van der Waals surface area (Å²) in [7, 11) is -0.219. The van der Waals surface area contributed by atoms with E-state index >= 15 is 0 Å². The molecular formula is C27H34N6O3S. The first kappa shape index (κ1) is 26.4. The van der Waals surface area contributed by atoms with E-state index in [0.717, 1.165) is 35.2 Å². The summed E-state index contributed by atoms with van der Waals surface area (Å²) in [4.78, 5) is 21.6. The Bertz CT molecular complexity index is 1420. The molecule has 1 unspecified atom stereocenters. The van der Waals surface area contributed by atoms with E-state index in [-0.39, 0.29) is 23.2 Å². The number of rotatable bonds is 9. The molecule has 1 aliphatic rings. The number of aliphatic imine (C=N–C) groups is 1. The van der Waals surface area contributed by atoms with Crippen LogP contribution in [0.2, 0.25) is 0 Å². The van der Waals surface area contributed by atoms with E-state index in [9.17, 15) is 13.2 Å². The van der Waals surface area contributed by atoms with E-state index < -0.39 is 16.1 Å². The fraction of sp³-hybridized carbons (Fsp3) is 0.333. The molecule has 1 heterocycles. The number of nitrogens with zero attached hydrogens (tertiary/aromatic N) is 3. The van der Waals surface area contributed by atoms with Gasteiger partial charge in [-0.25, -0.2) is 8.42 Å². The van der Waals surface area contributed by atoms with Crippen LogP contribution in [0, 0.1) is 0 Å². The van der Waals surface area contributed by atoms with Gasteiger partial charge in [0.1, 0.15) is 6.04 Å². The largest absolute Gasteiger partial charge is 0.377 e. The van der Waals surface area contributed by atoms with Crippen molar-refractivity contribution in [2.24, 2.45) is 16.5 Å². The number of amides is 1. The van der Waals surface area contributed by atoms with Gasteiger partial charge in [-0.15, -0.1) is 0 Å². The molecule has 5 N–H and O–H groups in total.